The van der Waals surface area contributed by atoms with E-state index in [1.165, 1.54) is 6.07 Å². The summed E-state index contributed by atoms with van der Waals surface area (Å²) in [5.41, 5.74) is 0.726. The van der Waals surface area contributed by atoms with Crippen LogP contribution in [0, 0.1) is 17.0 Å². The predicted octanol–water partition coefficient (Wildman–Crippen LogP) is 3.32. The van der Waals surface area contributed by atoms with Crippen molar-refractivity contribution in [1.82, 2.24) is 5.32 Å². The minimum atomic E-state index is -0.815. The minimum Gasteiger partial charge on any atom is -0.312 e. The molecule has 0 spiro atoms. The fraction of sp³-hybridized carbons (Fsp3) is 0.500. The highest BCUT2D eigenvalue weighted by Gasteiger charge is 2.15. The van der Waals surface area contributed by atoms with Gasteiger partial charge in [-0.25, -0.2) is 8.78 Å². The lowest BCUT2D eigenvalue weighted by Crippen LogP contribution is -2.30. The van der Waals surface area contributed by atoms with Gasteiger partial charge in [0.05, 0.1) is 0 Å². The third-order valence-corrected chi connectivity index (χ3v) is 3.00. The number of alkyl halides is 1. The molecule has 0 atom stereocenters. The largest absolute Gasteiger partial charge is 0.312 e. The van der Waals surface area contributed by atoms with E-state index in [4.69, 9.17) is 11.6 Å². The first-order valence-corrected chi connectivity index (χ1v) is 5.69. The molecule has 0 unspecified atom stereocenters. The van der Waals surface area contributed by atoms with Crippen molar-refractivity contribution < 1.29 is 8.78 Å². The molecule has 0 radical (unpaired) electrons. The molecule has 0 saturated carbocycles. The summed E-state index contributed by atoms with van der Waals surface area (Å²) >= 11 is 5.77. The van der Waals surface area contributed by atoms with Crippen LogP contribution in [0.4, 0.5) is 8.78 Å². The lowest BCUT2D eigenvalue weighted by Gasteiger charge is -2.21. The van der Waals surface area contributed by atoms with Gasteiger partial charge in [-0.3, -0.25) is 0 Å². The van der Waals surface area contributed by atoms with Crippen LogP contribution in [0.25, 0.3) is 0 Å². The molecule has 1 N–H and O–H groups in total. The molecule has 0 aliphatic rings. The summed E-state index contributed by atoms with van der Waals surface area (Å²) in [6, 6.07) is 3.91. The van der Waals surface area contributed by atoms with Crippen molar-refractivity contribution >= 4 is 11.6 Å². The fourth-order valence-corrected chi connectivity index (χ4v) is 1.34. The molecule has 1 nitrogen and oxygen atoms in total. The second-order valence-electron chi connectivity index (χ2n) is 4.65. The van der Waals surface area contributed by atoms with Gasteiger partial charge in [0.1, 0.15) is 0 Å². The van der Waals surface area contributed by atoms with Gasteiger partial charge in [0.25, 0.3) is 0 Å². The van der Waals surface area contributed by atoms with E-state index < -0.39 is 11.6 Å². The number of nitrogens with one attached hydrogen (secondary N) is 1. The fourth-order valence-electron chi connectivity index (χ4n) is 1.24. The van der Waals surface area contributed by atoms with Gasteiger partial charge >= 0.3 is 0 Å². The predicted molar refractivity (Wildman–Crippen MR) is 62.6 cm³/mol. The third kappa shape index (κ3) is 4.06. The zero-order valence-corrected chi connectivity index (χ0v) is 10.2. The van der Waals surface area contributed by atoms with Gasteiger partial charge in [0.15, 0.2) is 11.6 Å². The van der Waals surface area contributed by atoms with Crippen molar-refractivity contribution in [2.24, 2.45) is 5.41 Å². The molecule has 0 fully saturated rings. The molecule has 1 rings (SSSR count). The van der Waals surface area contributed by atoms with Crippen LogP contribution < -0.4 is 5.32 Å². The first-order valence-electron chi connectivity index (χ1n) is 5.15. The molecule has 0 aliphatic carbocycles. The van der Waals surface area contributed by atoms with Gasteiger partial charge in [-0.1, -0.05) is 19.9 Å². The zero-order chi connectivity index (χ0) is 12.2. The normalized spacial score (nSPS) is 11.8. The Morgan fingerprint density at radius 3 is 2.50 bits per heavy atom. The number of hydrogen-bond acceptors (Lipinski definition) is 1. The molecule has 0 saturated heterocycles. The molecule has 0 amide bonds. The van der Waals surface area contributed by atoms with E-state index in [1.807, 2.05) is 13.8 Å². The molecule has 90 valence electrons. The first kappa shape index (κ1) is 13.4. The van der Waals surface area contributed by atoms with Crippen LogP contribution in [0.15, 0.2) is 18.2 Å². The summed E-state index contributed by atoms with van der Waals surface area (Å²) in [6.45, 7) is 5.32. The maximum atomic E-state index is 12.9. The summed E-state index contributed by atoms with van der Waals surface area (Å²) < 4.78 is 25.5. The number of hydrogen-bond donors (Lipinski definition) is 1. The standard InChI is InChI=1S/C12H16ClF2N/c1-12(2,7-13)8-16-6-9-3-4-10(14)11(15)5-9/h3-5,16H,6-8H2,1-2H3. The minimum absolute atomic E-state index is 0.000130. The summed E-state index contributed by atoms with van der Waals surface area (Å²) in [5.74, 6) is -1.07. The van der Waals surface area contributed by atoms with Crippen molar-refractivity contribution in [3.63, 3.8) is 0 Å². The summed E-state index contributed by atoms with van der Waals surface area (Å²) in [7, 11) is 0. The Hall–Kier alpha value is -0.670. The summed E-state index contributed by atoms with van der Waals surface area (Å²) in [5, 5.41) is 3.17. The lowest BCUT2D eigenvalue weighted by atomic mass is 9.96. The Morgan fingerprint density at radius 2 is 1.94 bits per heavy atom. The molecule has 0 aromatic heterocycles. The number of benzene rings is 1. The van der Waals surface area contributed by atoms with Crippen LogP contribution in [0.3, 0.4) is 0 Å². The van der Waals surface area contributed by atoms with E-state index in [0.717, 1.165) is 18.2 Å². The molecular weight excluding hydrogens is 232 g/mol. The molecule has 0 heterocycles. The Balaban J connectivity index is 2.46. The van der Waals surface area contributed by atoms with Crippen LogP contribution in [-0.4, -0.2) is 12.4 Å². The molecular formula is C12H16ClF2N. The average molecular weight is 248 g/mol. The van der Waals surface area contributed by atoms with Crippen molar-refractivity contribution in [1.29, 1.82) is 0 Å². The maximum absolute atomic E-state index is 12.9. The van der Waals surface area contributed by atoms with Crippen LogP contribution >= 0.6 is 11.6 Å². The summed E-state index contributed by atoms with van der Waals surface area (Å²) in [6.07, 6.45) is 0. The van der Waals surface area contributed by atoms with Crippen LogP contribution in [0.1, 0.15) is 19.4 Å². The van der Waals surface area contributed by atoms with E-state index in [9.17, 15) is 8.78 Å². The lowest BCUT2D eigenvalue weighted by molar-refractivity contribution is 0.385. The monoisotopic (exact) mass is 247 g/mol. The van der Waals surface area contributed by atoms with E-state index in [2.05, 4.69) is 5.32 Å². The molecule has 4 heteroatoms. The van der Waals surface area contributed by atoms with Gasteiger partial charge in [0, 0.05) is 19.0 Å². The highest BCUT2D eigenvalue weighted by Crippen LogP contribution is 2.15. The van der Waals surface area contributed by atoms with Gasteiger partial charge < -0.3 is 5.32 Å². The average Bonchev–Trinajstić information content (AvgIpc) is 2.23. The van der Waals surface area contributed by atoms with Crippen molar-refractivity contribution in [3.8, 4) is 0 Å². The van der Waals surface area contributed by atoms with Crippen molar-refractivity contribution in [2.75, 3.05) is 12.4 Å². The van der Waals surface area contributed by atoms with Gasteiger partial charge in [-0.2, -0.15) is 0 Å². The quantitative estimate of drug-likeness (QED) is 0.787. The first-order chi connectivity index (χ1) is 7.44. The van der Waals surface area contributed by atoms with Gasteiger partial charge in [-0.15, -0.1) is 11.6 Å². The molecule has 1 aromatic rings. The Labute approximate surface area is 99.8 Å². The Kier molecular flexibility index (Phi) is 4.69. The highest BCUT2D eigenvalue weighted by atomic mass is 35.5. The van der Waals surface area contributed by atoms with Crippen LogP contribution in [0.2, 0.25) is 0 Å². The van der Waals surface area contributed by atoms with Crippen LogP contribution in [-0.2, 0) is 6.54 Å². The molecule has 0 bridgehead atoms. The highest BCUT2D eigenvalue weighted by molar-refractivity contribution is 6.18. The third-order valence-electron chi connectivity index (χ3n) is 2.28. The second-order valence-corrected chi connectivity index (χ2v) is 4.92. The van der Waals surface area contributed by atoms with E-state index in [0.29, 0.717) is 12.4 Å². The second kappa shape index (κ2) is 5.60. The smallest absolute Gasteiger partial charge is 0.159 e. The molecule has 0 aliphatic heterocycles. The van der Waals surface area contributed by atoms with Gasteiger partial charge in [0.2, 0.25) is 0 Å². The molecule has 1 aromatic carbocycles. The van der Waals surface area contributed by atoms with E-state index >= 15 is 0 Å². The van der Waals surface area contributed by atoms with Crippen LogP contribution in [0.5, 0.6) is 0 Å². The van der Waals surface area contributed by atoms with Gasteiger partial charge in [-0.05, 0) is 23.1 Å². The zero-order valence-electron chi connectivity index (χ0n) is 9.49. The topological polar surface area (TPSA) is 12.0 Å². The van der Waals surface area contributed by atoms with E-state index in [1.54, 1.807) is 6.07 Å². The number of halogens is 3. The SMILES string of the molecule is CC(C)(CCl)CNCc1ccc(F)c(F)c1. The summed E-state index contributed by atoms with van der Waals surface area (Å²) in [4.78, 5) is 0. The van der Waals surface area contributed by atoms with E-state index in [-0.39, 0.29) is 5.41 Å². The van der Waals surface area contributed by atoms with Crippen molar-refractivity contribution in [3.05, 3.63) is 35.4 Å². The Morgan fingerprint density at radius 1 is 1.25 bits per heavy atom. The van der Waals surface area contributed by atoms with Crippen molar-refractivity contribution in [2.45, 2.75) is 20.4 Å². The Bertz CT molecular complexity index is 353. The number of rotatable bonds is 5. The molecule has 16 heavy (non-hydrogen) atoms. The maximum Gasteiger partial charge on any atom is 0.159 e.